The van der Waals surface area contributed by atoms with Crippen molar-refractivity contribution in [1.82, 2.24) is 20.5 Å². The van der Waals surface area contributed by atoms with Crippen molar-refractivity contribution in [3.63, 3.8) is 0 Å². The van der Waals surface area contributed by atoms with Crippen LogP contribution in [0.15, 0.2) is 23.8 Å². The van der Waals surface area contributed by atoms with Crippen molar-refractivity contribution in [2.45, 2.75) is 26.3 Å². The van der Waals surface area contributed by atoms with Crippen LogP contribution in [0.4, 0.5) is 0 Å². The summed E-state index contributed by atoms with van der Waals surface area (Å²) in [6.07, 6.45) is 4.43. The largest absolute Gasteiger partial charge is 0.310 e. The quantitative estimate of drug-likeness (QED) is 0.880. The Hall–Kier alpha value is -1.33. The van der Waals surface area contributed by atoms with Crippen LogP contribution in [-0.4, -0.2) is 21.7 Å². The Labute approximate surface area is 105 Å². The third-order valence-corrected chi connectivity index (χ3v) is 3.36. The zero-order valence-electron chi connectivity index (χ0n) is 10.1. The number of nitrogens with one attached hydrogen (secondary N) is 1. The number of likely N-dealkylation sites (N-methyl/N-ethyl adjacent to an activating group) is 1. The lowest BCUT2D eigenvalue weighted by atomic mass is 10.1. The molecule has 17 heavy (non-hydrogen) atoms. The van der Waals surface area contributed by atoms with Gasteiger partial charge < -0.3 is 5.32 Å². The van der Waals surface area contributed by atoms with Gasteiger partial charge in [0.05, 0.1) is 16.9 Å². The van der Waals surface area contributed by atoms with E-state index in [4.69, 9.17) is 0 Å². The Morgan fingerprint density at radius 3 is 2.88 bits per heavy atom. The zero-order chi connectivity index (χ0) is 12.1. The Bertz CT molecular complexity index is 455. The summed E-state index contributed by atoms with van der Waals surface area (Å²) in [5.74, 6) is 0. The van der Waals surface area contributed by atoms with E-state index in [-0.39, 0.29) is 6.04 Å². The van der Waals surface area contributed by atoms with Gasteiger partial charge in [-0.25, -0.2) is 4.98 Å². The Balaban J connectivity index is 2.13. The predicted octanol–water partition coefficient (Wildman–Crippen LogP) is 2.13. The molecule has 5 heteroatoms. The van der Waals surface area contributed by atoms with E-state index >= 15 is 0 Å². The monoisotopic (exact) mass is 248 g/mol. The number of thiazole rings is 1. The summed E-state index contributed by atoms with van der Waals surface area (Å²) in [6, 6.07) is 2.26. The number of rotatable bonds is 5. The van der Waals surface area contributed by atoms with Crippen LogP contribution in [0.25, 0.3) is 0 Å². The smallest absolute Gasteiger partial charge is 0.0897 e. The molecule has 0 fully saturated rings. The van der Waals surface area contributed by atoms with Crippen molar-refractivity contribution in [2.75, 3.05) is 6.54 Å². The van der Waals surface area contributed by atoms with Crippen molar-refractivity contribution in [1.29, 1.82) is 0 Å². The molecular weight excluding hydrogens is 232 g/mol. The lowest BCUT2D eigenvalue weighted by Crippen LogP contribution is -2.23. The highest BCUT2D eigenvalue weighted by atomic mass is 32.1. The summed E-state index contributed by atoms with van der Waals surface area (Å²) in [4.78, 5) is 4.50. The maximum Gasteiger partial charge on any atom is 0.0897 e. The van der Waals surface area contributed by atoms with Crippen molar-refractivity contribution in [2.24, 2.45) is 0 Å². The fourth-order valence-corrected chi connectivity index (χ4v) is 2.40. The van der Waals surface area contributed by atoms with Crippen LogP contribution < -0.4 is 5.32 Å². The maximum atomic E-state index is 4.50. The predicted molar refractivity (Wildman–Crippen MR) is 69.0 cm³/mol. The van der Waals surface area contributed by atoms with Gasteiger partial charge in [0.2, 0.25) is 0 Å². The van der Waals surface area contributed by atoms with E-state index in [0.29, 0.717) is 0 Å². The minimum Gasteiger partial charge on any atom is -0.310 e. The molecule has 1 unspecified atom stereocenters. The van der Waals surface area contributed by atoms with Crippen LogP contribution in [-0.2, 0) is 6.42 Å². The Morgan fingerprint density at radius 1 is 1.41 bits per heavy atom. The molecule has 0 saturated carbocycles. The van der Waals surface area contributed by atoms with Gasteiger partial charge >= 0.3 is 0 Å². The third kappa shape index (κ3) is 3.31. The first-order valence-corrected chi connectivity index (χ1v) is 6.58. The summed E-state index contributed by atoms with van der Waals surface area (Å²) in [5, 5.41) is 14.4. The van der Waals surface area contributed by atoms with E-state index in [2.05, 4.69) is 32.8 Å². The molecule has 0 aliphatic carbocycles. The highest BCUT2D eigenvalue weighted by molar-refractivity contribution is 7.09. The van der Waals surface area contributed by atoms with Gasteiger partial charge in [-0.3, -0.25) is 0 Å². The van der Waals surface area contributed by atoms with Gasteiger partial charge in [-0.15, -0.1) is 11.3 Å². The van der Waals surface area contributed by atoms with Crippen LogP contribution in [0.3, 0.4) is 0 Å². The molecule has 0 aliphatic rings. The fraction of sp³-hybridized carbons (Fsp3) is 0.417. The second-order valence-electron chi connectivity index (χ2n) is 3.85. The van der Waals surface area contributed by atoms with Crippen molar-refractivity contribution >= 4 is 11.3 Å². The van der Waals surface area contributed by atoms with E-state index in [0.717, 1.165) is 29.2 Å². The van der Waals surface area contributed by atoms with E-state index < -0.39 is 0 Å². The van der Waals surface area contributed by atoms with E-state index in [1.54, 1.807) is 17.5 Å². The molecule has 2 heterocycles. The molecule has 0 bridgehead atoms. The highest BCUT2D eigenvalue weighted by Crippen LogP contribution is 2.18. The van der Waals surface area contributed by atoms with Crippen molar-refractivity contribution in [3.8, 4) is 0 Å². The fourth-order valence-electron chi connectivity index (χ4n) is 1.77. The first kappa shape index (κ1) is 12.1. The van der Waals surface area contributed by atoms with Crippen molar-refractivity contribution < 1.29 is 0 Å². The SMILES string of the molecule is CCNC(Cc1csc(C)n1)c1ccnnc1. The molecule has 0 spiro atoms. The molecule has 2 aromatic rings. The molecule has 0 radical (unpaired) electrons. The molecule has 0 amide bonds. The average molecular weight is 248 g/mol. The standard InChI is InChI=1S/C12H16N4S/c1-3-13-12(10-4-5-14-15-7-10)6-11-8-17-9(2)16-11/h4-5,7-8,12-13H,3,6H2,1-2H3. The minimum absolute atomic E-state index is 0.261. The minimum atomic E-state index is 0.261. The molecule has 90 valence electrons. The molecule has 1 N–H and O–H groups in total. The summed E-state index contributed by atoms with van der Waals surface area (Å²) >= 11 is 1.69. The lowest BCUT2D eigenvalue weighted by molar-refractivity contribution is 0.542. The average Bonchev–Trinajstić information content (AvgIpc) is 2.75. The number of nitrogens with zero attached hydrogens (tertiary/aromatic N) is 3. The Morgan fingerprint density at radius 2 is 2.29 bits per heavy atom. The van der Waals surface area contributed by atoms with Crippen LogP contribution in [0.1, 0.15) is 29.2 Å². The summed E-state index contributed by atoms with van der Waals surface area (Å²) in [5.41, 5.74) is 2.29. The maximum absolute atomic E-state index is 4.50. The van der Waals surface area contributed by atoms with Crippen LogP contribution >= 0.6 is 11.3 Å². The molecule has 0 aromatic carbocycles. The van der Waals surface area contributed by atoms with E-state index in [9.17, 15) is 0 Å². The molecule has 2 rings (SSSR count). The Kier molecular flexibility index (Phi) is 4.17. The molecular formula is C12H16N4S. The van der Waals surface area contributed by atoms with Gasteiger partial charge in [0, 0.05) is 24.0 Å². The van der Waals surface area contributed by atoms with Crippen molar-refractivity contribution in [3.05, 3.63) is 40.1 Å². The van der Waals surface area contributed by atoms with Gasteiger partial charge in [0.1, 0.15) is 0 Å². The van der Waals surface area contributed by atoms with Crippen LogP contribution in [0, 0.1) is 6.92 Å². The zero-order valence-corrected chi connectivity index (χ0v) is 10.9. The first-order valence-electron chi connectivity index (χ1n) is 5.70. The molecule has 2 aromatic heterocycles. The summed E-state index contributed by atoms with van der Waals surface area (Å²) in [6.45, 7) is 5.06. The highest BCUT2D eigenvalue weighted by Gasteiger charge is 2.12. The first-order chi connectivity index (χ1) is 8.29. The molecule has 0 aliphatic heterocycles. The normalized spacial score (nSPS) is 12.6. The van der Waals surface area contributed by atoms with Crippen LogP contribution in [0.5, 0.6) is 0 Å². The molecule has 0 saturated heterocycles. The van der Waals surface area contributed by atoms with E-state index in [1.165, 1.54) is 0 Å². The van der Waals surface area contributed by atoms with Gasteiger partial charge in [-0.2, -0.15) is 10.2 Å². The lowest BCUT2D eigenvalue weighted by Gasteiger charge is -2.16. The number of aryl methyl sites for hydroxylation is 1. The second-order valence-corrected chi connectivity index (χ2v) is 4.91. The third-order valence-electron chi connectivity index (χ3n) is 2.54. The van der Waals surface area contributed by atoms with Gasteiger partial charge in [-0.1, -0.05) is 6.92 Å². The topological polar surface area (TPSA) is 50.7 Å². The number of hydrogen-bond acceptors (Lipinski definition) is 5. The second kappa shape index (κ2) is 5.84. The number of hydrogen-bond donors (Lipinski definition) is 1. The van der Waals surface area contributed by atoms with Gasteiger partial charge in [0.25, 0.3) is 0 Å². The van der Waals surface area contributed by atoms with E-state index in [1.807, 2.05) is 19.2 Å². The van der Waals surface area contributed by atoms with Gasteiger partial charge in [0.15, 0.2) is 0 Å². The van der Waals surface area contributed by atoms with Gasteiger partial charge in [-0.05, 0) is 25.1 Å². The molecule has 1 atom stereocenters. The number of aromatic nitrogens is 3. The molecule has 4 nitrogen and oxygen atoms in total. The summed E-state index contributed by atoms with van der Waals surface area (Å²) < 4.78 is 0. The van der Waals surface area contributed by atoms with Crippen LogP contribution in [0.2, 0.25) is 0 Å². The summed E-state index contributed by atoms with van der Waals surface area (Å²) in [7, 11) is 0.